The lowest BCUT2D eigenvalue weighted by Gasteiger charge is -2.13. The van der Waals surface area contributed by atoms with E-state index in [1.54, 1.807) is 0 Å². The van der Waals surface area contributed by atoms with Crippen LogP contribution in [0.4, 0.5) is 5.69 Å². The van der Waals surface area contributed by atoms with E-state index in [0.29, 0.717) is 6.54 Å². The van der Waals surface area contributed by atoms with Gasteiger partial charge < -0.3 is 10.6 Å². The number of nitrogens with two attached hydrogens (primary N) is 1. The Labute approximate surface area is 136 Å². The lowest BCUT2D eigenvalue weighted by atomic mass is 10.1. The lowest BCUT2D eigenvalue weighted by Crippen LogP contribution is -2.08. The first-order valence-corrected chi connectivity index (χ1v) is 7.59. The van der Waals surface area contributed by atoms with Crippen LogP contribution in [-0.4, -0.2) is 29.1 Å². The summed E-state index contributed by atoms with van der Waals surface area (Å²) in [5.74, 6) is 0. The Kier molecular flexibility index (Phi) is 4.12. The van der Waals surface area contributed by atoms with Crippen LogP contribution in [0.25, 0.3) is 16.9 Å². The van der Waals surface area contributed by atoms with Crippen LogP contribution in [-0.2, 0) is 6.54 Å². The predicted octanol–water partition coefficient (Wildman–Crippen LogP) is 2.77. The number of nitrogens with zero attached hydrogens (tertiary/aromatic N) is 4. The summed E-state index contributed by atoms with van der Waals surface area (Å²) in [4.78, 5) is 2.07. The maximum absolute atomic E-state index is 5.86. The molecule has 0 fully saturated rings. The second-order valence-electron chi connectivity index (χ2n) is 5.78. The topological polar surface area (TPSA) is 60.0 Å². The van der Waals surface area contributed by atoms with Crippen molar-refractivity contribution in [3.8, 4) is 16.9 Å². The van der Waals surface area contributed by atoms with Gasteiger partial charge in [0.2, 0.25) is 0 Å². The molecular formula is C18H21N5. The monoisotopic (exact) mass is 307 g/mol. The summed E-state index contributed by atoms with van der Waals surface area (Å²) in [6.45, 7) is 2.44. The van der Waals surface area contributed by atoms with E-state index in [1.807, 2.05) is 37.0 Å². The molecule has 2 N–H and O–H groups in total. The molecule has 3 rings (SSSR count). The second kappa shape index (κ2) is 6.22. The van der Waals surface area contributed by atoms with Gasteiger partial charge in [-0.1, -0.05) is 29.0 Å². The first kappa shape index (κ1) is 15.2. The minimum Gasteiger partial charge on any atom is -0.378 e. The molecule has 3 aromatic rings. The van der Waals surface area contributed by atoms with Crippen LogP contribution in [0.1, 0.15) is 11.3 Å². The second-order valence-corrected chi connectivity index (χ2v) is 5.78. The van der Waals surface area contributed by atoms with Gasteiger partial charge in [0.1, 0.15) is 5.69 Å². The fourth-order valence-corrected chi connectivity index (χ4v) is 2.60. The summed E-state index contributed by atoms with van der Waals surface area (Å²) in [5, 5.41) is 8.56. The van der Waals surface area contributed by atoms with Crippen molar-refractivity contribution >= 4 is 5.69 Å². The molecule has 1 aromatic heterocycles. The largest absolute Gasteiger partial charge is 0.378 e. The van der Waals surface area contributed by atoms with Gasteiger partial charge in [-0.3, -0.25) is 0 Å². The third-order valence-corrected chi connectivity index (χ3v) is 3.84. The van der Waals surface area contributed by atoms with Crippen molar-refractivity contribution in [2.24, 2.45) is 5.73 Å². The number of anilines is 1. The molecule has 118 valence electrons. The Bertz CT molecular complexity index is 803. The number of hydrogen-bond acceptors (Lipinski definition) is 4. The molecule has 0 unspecified atom stereocenters. The number of benzene rings is 2. The first-order valence-electron chi connectivity index (χ1n) is 7.59. The zero-order valence-electron chi connectivity index (χ0n) is 13.7. The number of aryl methyl sites for hydroxylation is 1. The van der Waals surface area contributed by atoms with Gasteiger partial charge in [-0.15, -0.1) is 5.10 Å². The van der Waals surface area contributed by atoms with Crippen LogP contribution in [0.2, 0.25) is 0 Å². The minimum atomic E-state index is 0.360. The Morgan fingerprint density at radius 3 is 2.43 bits per heavy atom. The Balaban J connectivity index is 2.11. The van der Waals surface area contributed by atoms with Crippen molar-refractivity contribution in [1.82, 2.24) is 15.0 Å². The molecule has 0 bridgehead atoms. The molecule has 0 radical (unpaired) electrons. The molecule has 5 heteroatoms. The summed E-state index contributed by atoms with van der Waals surface area (Å²) in [7, 11) is 4.05. The van der Waals surface area contributed by atoms with Crippen LogP contribution in [0.15, 0.2) is 48.5 Å². The van der Waals surface area contributed by atoms with Crippen LogP contribution in [0.5, 0.6) is 0 Å². The summed E-state index contributed by atoms with van der Waals surface area (Å²) in [6, 6.07) is 16.5. The van der Waals surface area contributed by atoms with E-state index in [9.17, 15) is 0 Å². The third-order valence-electron chi connectivity index (χ3n) is 3.84. The van der Waals surface area contributed by atoms with Crippen molar-refractivity contribution in [1.29, 1.82) is 0 Å². The summed E-state index contributed by atoms with van der Waals surface area (Å²) in [6.07, 6.45) is 0. The van der Waals surface area contributed by atoms with E-state index in [2.05, 4.69) is 52.5 Å². The quantitative estimate of drug-likeness (QED) is 0.805. The van der Waals surface area contributed by atoms with Gasteiger partial charge in [-0.2, -0.15) is 0 Å². The van der Waals surface area contributed by atoms with Crippen LogP contribution >= 0.6 is 0 Å². The molecule has 23 heavy (non-hydrogen) atoms. The molecule has 0 spiro atoms. The molecule has 2 aromatic carbocycles. The highest BCUT2D eigenvalue weighted by molar-refractivity contribution is 5.65. The summed E-state index contributed by atoms with van der Waals surface area (Å²) < 4.78 is 1.86. The number of aromatic nitrogens is 3. The average molecular weight is 307 g/mol. The van der Waals surface area contributed by atoms with Gasteiger partial charge in [0.25, 0.3) is 0 Å². The zero-order valence-corrected chi connectivity index (χ0v) is 13.7. The summed E-state index contributed by atoms with van der Waals surface area (Å²) in [5.41, 5.74) is 12.0. The van der Waals surface area contributed by atoms with Crippen LogP contribution < -0.4 is 10.6 Å². The Hall–Kier alpha value is -2.66. The zero-order chi connectivity index (χ0) is 16.4. The SMILES string of the molecule is Cc1cccc(-c2c(CN)nnn2-c2ccc(N(C)C)cc2)c1. The standard InChI is InChI=1S/C18H21N5/c1-13-5-4-6-14(11-13)18-17(12-19)20-21-23(18)16-9-7-15(8-10-16)22(2)3/h4-11H,12,19H2,1-3H3. The van der Waals surface area contributed by atoms with Crippen molar-refractivity contribution in [2.45, 2.75) is 13.5 Å². The van der Waals surface area contributed by atoms with Crippen molar-refractivity contribution in [3.05, 3.63) is 59.8 Å². The van der Waals surface area contributed by atoms with E-state index in [-0.39, 0.29) is 0 Å². The molecule has 0 saturated carbocycles. The van der Waals surface area contributed by atoms with E-state index < -0.39 is 0 Å². The molecule has 0 saturated heterocycles. The van der Waals surface area contributed by atoms with Crippen LogP contribution in [0.3, 0.4) is 0 Å². The third kappa shape index (κ3) is 2.96. The summed E-state index contributed by atoms with van der Waals surface area (Å²) >= 11 is 0. The van der Waals surface area contributed by atoms with Crippen molar-refractivity contribution in [2.75, 3.05) is 19.0 Å². The molecule has 0 aliphatic rings. The number of rotatable bonds is 4. The van der Waals surface area contributed by atoms with E-state index in [4.69, 9.17) is 5.73 Å². The smallest absolute Gasteiger partial charge is 0.105 e. The van der Waals surface area contributed by atoms with Gasteiger partial charge in [-0.25, -0.2) is 4.68 Å². The number of hydrogen-bond donors (Lipinski definition) is 1. The highest BCUT2D eigenvalue weighted by Gasteiger charge is 2.15. The molecule has 0 aliphatic carbocycles. The lowest BCUT2D eigenvalue weighted by molar-refractivity contribution is 0.800. The normalized spacial score (nSPS) is 10.8. The van der Waals surface area contributed by atoms with Gasteiger partial charge in [-0.05, 0) is 37.3 Å². The highest BCUT2D eigenvalue weighted by Crippen LogP contribution is 2.26. The molecule has 0 aliphatic heterocycles. The van der Waals surface area contributed by atoms with Gasteiger partial charge >= 0.3 is 0 Å². The van der Waals surface area contributed by atoms with E-state index >= 15 is 0 Å². The minimum absolute atomic E-state index is 0.360. The van der Waals surface area contributed by atoms with Crippen LogP contribution in [0, 0.1) is 6.92 Å². The average Bonchev–Trinajstić information content (AvgIpc) is 2.99. The molecule has 5 nitrogen and oxygen atoms in total. The molecule has 0 atom stereocenters. The van der Waals surface area contributed by atoms with E-state index in [0.717, 1.165) is 28.3 Å². The Morgan fingerprint density at radius 2 is 1.83 bits per heavy atom. The van der Waals surface area contributed by atoms with Gasteiger partial charge in [0.15, 0.2) is 0 Å². The van der Waals surface area contributed by atoms with Crippen molar-refractivity contribution < 1.29 is 0 Å². The fourth-order valence-electron chi connectivity index (χ4n) is 2.60. The maximum Gasteiger partial charge on any atom is 0.105 e. The molecule has 1 heterocycles. The van der Waals surface area contributed by atoms with E-state index in [1.165, 1.54) is 5.56 Å². The molecule has 0 amide bonds. The highest BCUT2D eigenvalue weighted by atomic mass is 15.4. The van der Waals surface area contributed by atoms with Gasteiger partial charge in [0.05, 0.1) is 11.4 Å². The first-order chi connectivity index (χ1) is 11.1. The Morgan fingerprint density at radius 1 is 1.09 bits per heavy atom. The van der Waals surface area contributed by atoms with Crippen molar-refractivity contribution in [3.63, 3.8) is 0 Å². The fraction of sp³-hybridized carbons (Fsp3) is 0.222. The molecular weight excluding hydrogens is 286 g/mol. The van der Waals surface area contributed by atoms with Gasteiger partial charge in [0, 0.05) is 31.9 Å². The maximum atomic E-state index is 5.86. The predicted molar refractivity (Wildman–Crippen MR) is 93.8 cm³/mol.